The summed E-state index contributed by atoms with van der Waals surface area (Å²) in [5.74, 6) is -0.466. The molecule has 2 aromatic rings. The highest BCUT2D eigenvalue weighted by Gasteiger charge is 2.21. The van der Waals surface area contributed by atoms with E-state index in [1.165, 1.54) is 12.1 Å². The first-order valence-corrected chi connectivity index (χ1v) is 8.34. The van der Waals surface area contributed by atoms with E-state index in [2.05, 4.69) is 4.72 Å². The van der Waals surface area contributed by atoms with E-state index in [9.17, 15) is 12.8 Å². The SMILES string of the molecule is CN(C)CC(NS(=O)(=O)c1ccc(F)cc1)c1ccccc1. The molecule has 0 aliphatic rings. The lowest BCUT2D eigenvalue weighted by atomic mass is 10.1. The summed E-state index contributed by atoms with van der Waals surface area (Å²) in [5, 5.41) is 0. The normalized spacial score (nSPS) is 13.3. The molecule has 0 fully saturated rings. The largest absolute Gasteiger partial charge is 0.307 e. The molecule has 118 valence electrons. The number of hydrogen-bond acceptors (Lipinski definition) is 3. The van der Waals surface area contributed by atoms with E-state index in [4.69, 9.17) is 0 Å². The predicted octanol–water partition coefficient (Wildman–Crippen LogP) is 2.41. The van der Waals surface area contributed by atoms with Crippen LogP contribution in [0, 0.1) is 5.82 Å². The van der Waals surface area contributed by atoms with Gasteiger partial charge in [0.15, 0.2) is 0 Å². The number of likely N-dealkylation sites (N-methyl/N-ethyl adjacent to an activating group) is 1. The molecular formula is C16H19FN2O2S. The Kier molecular flexibility index (Phi) is 5.28. The van der Waals surface area contributed by atoms with Crippen LogP contribution in [0.4, 0.5) is 4.39 Å². The Bertz CT molecular complexity index is 701. The molecule has 22 heavy (non-hydrogen) atoms. The van der Waals surface area contributed by atoms with Gasteiger partial charge in [0, 0.05) is 6.54 Å². The summed E-state index contributed by atoms with van der Waals surface area (Å²) in [6.07, 6.45) is 0. The Morgan fingerprint density at radius 3 is 2.18 bits per heavy atom. The van der Waals surface area contributed by atoms with Crippen LogP contribution < -0.4 is 4.72 Å². The minimum Gasteiger partial charge on any atom is -0.307 e. The average Bonchev–Trinajstić information content (AvgIpc) is 2.47. The van der Waals surface area contributed by atoms with Crippen molar-refractivity contribution in [3.05, 3.63) is 66.0 Å². The van der Waals surface area contributed by atoms with Crippen LogP contribution in [0.5, 0.6) is 0 Å². The first-order chi connectivity index (χ1) is 10.4. The number of hydrogen-bond donors (Lipinski definition) is 1. The molecule has 2 aromatic carbocycles. The van der Waals surface area contributed by atoms with Gasteiger partial charge in [-0.05, 0) is 43.9 Å². The van der Waals surface area contributed by atoms with Crippen LogP contribution in [0.2, 0.25) is 0 Å². The van der Waals surface area contributed by atoms with Crippen LogP contribution in [0.25, 0.3) is 0 Å². The van der Waals surface area contributed by atoms with Gasteiger partial charge in [-0.15, -0.1) is 0 Å². The summed E-state index contributed by atoms with van der Waals surface area (Å²) in [4.78, 5) is 1.96. The van der Waals surface area contributed by atoms with Gasteiger partial charge >= 0.3 is 0 Å². The van der Waals surface area contributed by atoms with E-state index >= 15 is 0 Å². The molecule has 0 spiro atoms. The Balaban J connectivity index is 2.28. The molecule has 0 saturated carbocycles. The van der Waals surface area contributed by atoms with E-state index < -0.39 is 15.8 Å². The first-order valence-electron chi connectivity index (χ1n) is 6.86. The van der Waals surface area contributed by atoms with Gasteiger partial charge < -0.3 is 4.90 Å². The van der Waals surface area contributed by atoms with Gasteiger partial charge in [0.2, 0.25) is 10.0 Å². The maximum absolute atomic E-state index is 13.0. The van der Waals surface area contributed by atoms with Crippen molar-refractivity contribution in [3.8, 4) is 0 Å². The first kappa shape index (κ1) is 16.6. The van der Waals surface area contributed by atoms with E-state index in [0.29, 0.717) is 6.54 Å². The molecule has 0 amide bonds. The van der Waals surface area contributed by atoms with Gasteiger partial charge in [-0.25, -0.2) is 17.5 Å². The average molecular weight is 322 g/mol. The van der Waals surface area contributed by atoms with Crippen molar-refractivity contribution in [3.63, 3.8) is 0 Å². The molecule has 1 atom stereocenters. The van der Waals surface area contributed by atoms with Gasteiger partial charge in [-0.1, -0.05) is 30.3 Å². The van der Waals surface area contributed by atoms with Gasteiger partial charge in [-0.3, -0.25) is 0 Å². The highest BCUT2D eigenvalue weighted by Crippen LogP contribution is 2.18. The third kappa shape index (κ3) is 4.37. The minimum atomic E-state index is -3.71. The fraction of sp³-hybridized carbons (Fsp3) is 0.250. The van der Waals surface area contributed by atoms with Crippen molar-refractivity contribution in [1.82, 2.24) is 9.62 Å². The molecule has 2 rings (SSSR count). The third-order valence-corrected chi connectivity index (χ3v) is 4.66. The predicted molar refractivity (Wildman–Crippen MR) is 84.5 cm³/mol. The summed E-state index contributed by atoms with van der Waals surface area (Å²) >= 11 is 0. The minimum absolute atomic E-state index is 0.0496. The van der Waals surface area contributed by atoms with Crippen molar-refractivity contribution in [2.75, 3.05) is 20.6 Å². The maximum atomic E-state index is 13.0. The fourth-order valence-electron chi connectivity index (χ4n) is 2.13. The maximum Gasteiger partial charge on any atom is 0.241 e. The Labute approximate surface area is 130 Å². The number of benzene rings is 2. The lowest BCUT2D eigenvalue weighted by Crippen LogP contribution is -2.35. The summed E-state index contributed by atoms with van der Waals surface area (Å²) in [5.41, 5.74) is 0.877. The second kappa shape index (κ2) is 7.00. The zero-order chi connectivity index (χ0) is 16.2. The zero-order valence-corrected chi connectivity index (χ0v) is 13.3. The van der Waals surface area contributed by atoms with Crippen molar-refractivity contribution in [2.24, 2.45) is 0 Å². The van der Waals surface area contributed by atoms with E-state index in [-0.39, 0.29) is 10.9 Å². The molecular weight excluding hydrogens is 303 g/mol. The lowest BCUT2D eigenvalue weighted by molar-refractivity contribution is 0.363. The summed E-state index contributed by atoms with van der Waals surface area (Å²) in [7, 11) is 0.0409. The number of sulfonamides is 1. The van der Waals surface area contributed by atoms with Gasteiger partial charge in [0.05, 0.1) is 10.9 Å². The van der Waals surface area contributed by atoms with E-state index in [1.54, 1.807) is 0 Å². The molecule has 0 radical (unpaired) electrons. The Hall–Kier alpha value is -1.76. The van der Waals surface area contributed by atoms with Crippen molar-refractivity contribution < 1.29 is 12.8 Å². The van der Waals surface area contributed by atoms with Crippen LogP contribution in [0.15, 0.2) is 59.5 Å². The van der Waals surface area contributed by atoms with Gasteiger partial charge in [0.1, 0.15) is 5.82 Å². The van der Waals surface area contributed by atoms with Crippen molar-refractivity contribution >= 4 is 10.0 Å². The van der Waals surface area contributed by atoms with Crippen LogP contribution in [0.3, 0.4) is 0 Å². The van der Waals surface area contributed by atoms with E-state index in [0.717, 1.165) is 17.7 Å². The highest BCUT2D eigenvalue weighted by atomic mass is 32.2. The number of nitrogens with one attached hydrogen (secondary N) is 1. The quantitative estimate of drug-likeness (QED) is 0.888. The third-order valence-electron chi connectivity index (χ3n) is 3.17. The van der Waals surface area contributed by atoms with Crippen LogP contribution in [-0.2, 0) is 10.0 Å². The second-order valence-corrected chi connectivity index (χ2v) is 7.01. The van der Waals surface area contributed by atoms with Gasteiger partial charge in [-0.2, -0.15) is 0 Å². The monoisotopic (exact) mass is 322 g/mol. The zero-order valence-electron chi connectivity index (χ0n) is 12.5. The highest BCUT2D eigenvalue weighted by molar-refractivity contribution is 7.89. The molecule has 0 heterocycles. The fourth-order valence-corrected chi connectivity index (χ4v) is 3.35. The molecule has 0 aliphatic heterocycles. The molecule has 1 N–H and O–H groups in total. The smallest absolute Gasteiger partial charge is 0.241 e. The number of halogens is 1. The summed E-state index contributed by atoms with van der Waals surface area (Å²) in [6, 6.07) is 13.8. The molecule has 0 saturated heterocycles. The topological polar surface area (TPSA) is 49.4 Å². The standard InChI is InChI=1S/C16H19FN2O2S/c1-19(2)12-16(13-6-4-3-5-7-13)18-22(20,21)15-10-8-14(17)9-11-15/h3-11,16,18H,12H2,1-2H3. The molecule has 6 heteroatoms. The second-order valence-electron chi connectivity index (χ2n) is 5.30. The summed E-state index contributed by atoms with van der Waals surface area (Å²) < 4.78 is 40.6. The Morgan fingerprint density at radius 2 is 1.64 bits per heavy atom. The Morgan fingerprint density at radius 1 is 1.05 bits per heavy atom. The van der Waals surface area contributed by atoms with Crippen molar-refractivity contribution in [1.29, 1.82) is 0 Å². The van der Waals surface area contributed by atoms with Crippen molar-refractivity contribution in [2.45, 2.75) is 10.9 Å². The molecule has 1 unspecified atom stereocenters. The molecule has 4 nitrogen and oxygen atoms in total. The number of rotatable bonds is 6. The molecule has 0 aliphatic carbocycles. The van der Waals surface area contributed by atoms with E-state index in [1.807, 2.05) is 49.3 Å². The number of nitrogens with zero attached hydrogens (tertiary/aromatic N) is 1. The van der Waals surface area contributed by atoms with Crippen LogP contribution >= 0.6 is 0 Å². The van der Waals surface area contributed by atoms with Crippen LogP contribution in [-0.4, -0.2) is 34.0 Å². The molecule has 0 bridgehead atoms. The lowest BCUT2D eigenvalue weighted by Gasteiger charge is -2.22. The summed E-state index contributed by atoms with van der Waals surface area (Å²) in [6.45, 7) is 0.518. The van der Waals surface area contributed by atoms with Gasteiger partial charge in [0.25, 0.3) is 0 Å². The molecule has 0 aromatic heterocycles. The van der Waals surface area contributed by atoms with Crippen LogP contribution in [0.1, 0.15) is 11.6 Å².